The first-order valence-electron chi connectivity index (χ1n) is 10.6. The number of aliphatic hydroxyl groups is 4. The van der Waals surface area contributed by atoms with Crippen LogP contribution in [0.25, 0.3) is 21.5 Å². The Bertz CT molecular complexity index is 1310. The lowest BCUT2D eigenvalue weighted by Crippen LogP contribution is -2.60. The van der Waals surface area contributed by atoms with E-state index in [-0.39, 0.29) is 44.5 Å². The number of methoxy groups -OCH3 is 3. The van der Waals surface area contributed by atoms with Gasteiger partial charge in [0.2, 0.25) is 17.8 Å². The number of aliphatic hydroxyl groups excluding tert-OH is 4. The van der Waals surface area contributed by atoms with Gasteiger partial charge < -0.3 is 64.5 Å². The second kappa shape index (κ2) is 9.44. The molecular weight excluding hydrogens is 484 g/mol. The van der Waals surface area contributed by atoms with E-state index in [0.717, 1.165) is 6.07 Å². The van der Waals surface area contributed by atoms with Crippen molar-refractivity contribution in [2.24, 2.45) is 0 Å². The van der Waals surface area contributed by atoms with Crippen molar-refractivity contribution in [3.05, 3.63) is 12.1 Å². The van der Waals surface area contributed by atoms with Crippen molar-refractivity contribution in [3.8, 4) is 46.0 Å². The van der Waals surface area contributed by atoms with Crippen LogP contribution in [-0.2, 0) is 4.74 Å². The third-order valence-corrected chi connectivity index (χ3v) is 6.14. The molecule has 0 unspecified atom stereocenters. The lowest BCUT2D eigenvalue weighted by atomic mass is 9.97. The third-order valence-electron chi connectivity index (χ3n) is 6.14. The zero-order chi connectivity index (χ0) is 26.5. The Morgan fingerprint density at radius 3 is 1.67 bits per heavy atom. The van der Waals surface area contributed by atoms with Crippen LogP contribution >= 0.6 is 0 Å². The molecule has 4 rings (SSSR count). The molecule has 3 aromatic rings. The zero-order valence-corrected chi connectivity index (χ0v) is 19.4. The first-order chi connectivity index (χ1) is 17.1. The van der Waals surface area contributed by atoms with Gasteiger partial charge in [-0.25, -0.2) is 0 Å². The molecule has 0 aliphatic carbocycles. The maximum atomic E-state index is 11.1. The Hall–Kier alpha value is -3.62. The van der Waals surface area contributed by atoms with Crippen LogP contribution in [0.3, 0.4) is 0 Å². The highest BCUT2D eigenvalue weighted by atomic mass is 16.7. The molecule has 0 spiro atoms. The summed E-state index contributed by atoms with van der Waals surface area (Å²) in [4.78, 5) is 0. The van der Waals surface area contributed by atoms with E-state index in [1.807, 2.05) is 0 Å². The molecule has 0 bridgehead atoms. The molecule has 36 heavy (non-hydrogen) atoms. The molecule has 0 amide bonds. The minimum Gasteiger partial charge on any atom is -0.506 e. The molecule has 8 N–H and O–H groups in total. The smallest absolute Gasteiger partial charge is 0.229 e. The van der Waals surface area contributed by atoms with E-state index in [2.05, 4.69) is 0 Å². The molecule has 3 aromatic carbocycles. The predicted molar refractivity (Wildman–Crippen MR) is 122 cm³/mol. The molecule has 1 saturated heterocycles. The van der Waals surface area contributed by atoms with E-state index >= 15 is 0 Å². The summed E-state index contributed by atoms with van der Waals surface area (Å²) in [6.45, 7) is -0.698. The van der Waals surface area contributed by atoms with Crippen molar-refractivity contribution in [1.29, 1.82) is 0 Å². The molecule has 13 heteroatoms. The van der Waals surface area contributed by atoms with Crippen LogP contribution in [0, 0.1) is 0 Å². The van der Waals surface area contributed by atoms with Crippen molar-refractivity contribution < 1.29 is 64.5 Å². The largest absolute Gasteiger partial charge is 0.506 e. The Morgan fingerprint density at radius 2 is 1.19 bits per heavy atom. The molecular formula is C23H26O13. The molecule has 1 fully saturated rings. The first kappa shape index (κ1) is 25.5. The summed E-state index contributed by atoms with van der Waals surface area (Å²) < 4.78 is 26.5. The van der Waals surface area contributed by atoms with Crippen molar-refractivity contribution >= 4 is 21.5 Å². The van der Waals surface area contributed by atoms with Gasteiger partial charge in [-0.15, -0.1) is 0 Å². The van der Waals surface area contributed by atoms with Gasteiger partial charge in [-0.3, -0.25) is 0 Å². The zero-order valence-electron chi connectivity index (χ0n) is 19.4. The second-order valence-corrected chi connectivity index (χ2v) is 8.07. The van der Waals surface area contributed by atoms with Crippen LogP contribution in [-0.4, -0.2) is 99.5 Å². The molecule has 0 radical (unpaired) electrons. The number of benzene rings is 3. The van der Waals surface area contributed by atoms with E-state index < -0.39 is 60.3 Å². The summed E-state index contributed by atoms with van der Waals surface area (Å²) in [7, 11) is 3.76. The van der Waals surface area contributed by atoms with Crippen LogP contribution in [0.4, 0.5) is 0 Å². The number of hydrogen-bond donors (Lipinski definition) is 8. The van der Waals surface area contributed by atoms with Crippen molar-refractivity contribution in [2.45, 2.75) is 30.7 Å². The fourth-order valence-electron chi connectivity index (χ4n) is 4.30. The number of phenols is 4. The number of fused-ring (bicyclic) bond motifs is 2. The monoisotopic (exact) mass is 510 g/mol. The number of hydrogen-bond acceptors (Lipinski definition) is 13. The average Bonchev–Trinajstić information content (AvgIpc) is 2.86. The Labute approximate surface area is 203 Å². The molecule has 5 atom stereocenters. The van der Waals surface area contributed by atoms with Gasteiger partial charge in [0.1, 0.15) is 35.9 Å². The maximum absolute atomic E-state index is 11.1. The molecule has 0 aromatic heterocycles. The SMILES string of the molecule is COc1cc2c(O)c3c(O)c(OC)c(O[C@@H]4O[C@H](CO)[C@@H](O)[C@H](O)[C@H]4O)cc3c(O)c2c(O)c1OC. The number of phenolic OH excluding ortho intramolecular Hbond substituents is 4. The summed E-state index contributed by atoms with van der Waals surface area (Å²) in [6.07, 6.45) is -8.04. The van der Waals surface area contributed by atoms with Gasteiger partial charge in [-0.05, 0) is 12.1 Å². The van der Waals surface area contributed by atoms with E-state index in [4.69, 9.17) is 23.7 Å². The molecule has 1 aliphatic heterocycles. The molecule has 196 valence electrons. The van der Waals surface area contributed by atoms with Gasteiger partial charge >= 0.3 is 0 Å². The highest BCUT2D eigenvalue weighted by Gasteiger charge is 2.45. The average molecular weight is 510 g/mol. The summed E-state index contributed by atoms with van der Waals surface area (Å²) in [5.74, 6) is -3.04. The Morgan fingerprint density at radius 1 is 0.694 bits per heavy atom. The van der Waals surface area contributed by atoms with Gasteiger partial charge in [0.25, 0.3) is 0 Å². The maximum Gasteiger partial charge on any atom is 0.229 e. The lowest BCUT2D eigenvalue weighted by molar-refractivity contribution is -0.277. The molecule has 1 aliphatic rings. The predicted octanol–water partition coefficient (Wildman–Crippen LogP) is 0.0199. The molecule has 13 nitrogen and oxygen atoms in total. The van der Waals surface area contributed by atoms with Crippen molar-refractivity contribution in [2.75, 3.05) is 27.9 Å². The number of ether oxygens (including phenoxy) is 5. The Balaban J connectivity index is 1.95. The Kier molecular flexibility index (Phi) is 6.68. The van der Waals surface area contributed by atoms with Crippen LogP contribution in [0.2, 0.25) is 0 Å². The fourth-order valence-corrected chi connectivity index (χ4v) is 4.30. The van der Waals surface area contributed by atoms with Crippen LogP contribution in [0.5, 0.6) is 46.0 Å². The topological polar surface area (TPSA) is 208 Å². The van der Waals surface area contributed by atoms with E-state index in [1.165, 1.54) is 27.4 Å². The minimum absolute atomic E-state index is 0.0468. The normalized spacial score (nSPS) is 24.1. The minimum atomic E-state index is -1.77. The number of rotatable bonds is 6. The summed E-state index contributed by atoms with van der Waals surface area (Å²) >= 11 is 0. The van der Waals surface area contributed by atoms with E-state index in [1.54, 1.807) is 0 Å². The van der Waals surface area contributed by atoms with Crippen molar-refractivity contribution in [1.82, 2.24) is 0 Å². The van der Waals surface area contributed by atoms with Gasteiger partial charge in [-0.1, -0.05) is 0 Å². The van der Waals surface area contributed by atoms with Gasteiger partial charge in [0.05, 0.1) is 38.7 Å². The second-order valence-electron chi connectivity index (χ2n) is 8.07. The van der Waals surface area contributed by atoms with Crippen LogP contribution < -0.4 is 18.9 Å². The van der Waals surface area contributed by atoms with Crippen LogP contribution in [0.15, 0.2) is 12.1 Å². The first-order valence-corrected chi connectivity index (χ1v) is 10.6. The summed E-state index contributed by atoms with van der Waals surface area (Å²) in [6, 6.07) is 2.44. The molecule has 0 saturated carbocycles. The van der Waals surface area contributed by atoms with E-state index in [9.17, 15) is 40.9 Å². The van der Waals surface area contributed by atoms with Crippen LogP contribution in [0.1, 0.15) is 0 Å². The highest BCUT2D eigenvalue weighted by molar-refractivity contribution is 6.16. The fraction of sp³-hybridized carbons (Fsp3) is 0.391. The quantitative estimate of drug-likeness (QED) is 0.163. The summed E-state index contributed by atoms with van der Waals surface area (Å²) in [5.41, 5.74) is 0. The van der Waals surface area contributed by atoms with Gasteiger partial charge in [-0.2, -0.15) is 0 Å². The summed E-state index contributed by atoms with van der Waals surface area (Å²) in [5, 5.41) is 82.8. The highest BCUT2D eigenvalue weighted by Crippen LogP contribution is 2.56. The lowest BCUT2D eigenvalue weighted by Gasteiger charge is -2.39. The van der Waals surface area contributed by atoms with Gasteiger partial charge in [0.15, 0.2) is 23.0 Å². The third kappa shape index (κ3) is 3.68. The molecule has 1 heterocycles. The standard InChI is InChI=1S/C23H26O13/c1-32-9-4-7-12(17(28)21(9)33-2)15(26)8-5-10(22(34-3)18(29)13(8)14(7)25)35-23-20(31)19(30)16(27)11(6-24)36-23/h4-5,11,16,19-20,23-31H,6H2,1-3H3/t11-,16-,19+,20-,23-/m1/s1. The van der Waals surface area contributed by atoms with E-state index in [0.29, 0.717) is 0 Å². The number of aromatic hydroxyl groups is 4. The van der Waals surface area contributed by atoms with Crippen molar-refractivity contribution in [3.63, 3.8) is 0 Å². The van der Waals surface area contributed by atoms with Gasteiger partial charge in [0, 0.05) is 10.8 Å².